The predicted molar refractivity (Wildman–Crippen MR) is 107 cm³/mol. The van der Waals surface area contributed by atoms with Gasteiger partial charge in [0.1, 0.15) is 11.6 Å². The lowest BCUT2D eigenvalue weighted by Crippen LogP contribution is -2.29. The van der Waals surface area contributed by atoms with Crippen molar-refractivity contribution in [3.8, 4) is 5.69 Å². The summed E-state index contributed by atoms with van der Waals surface area (Å²) in [5, 5.41) is 0.264. The zero-order chi connectivity index (χ0) is 19.8. The molecular formula is C21H16ClFN4O. The molecule has 5 nitrogen and oxygen atoms in total. The third-order valence-electron chi connectivity index (χ3n) is 4.52. The smallest absolute Gasteiger partial charge is 0.266 e. The van der Waals surface area contributed by atoms with Gasteiger partial charge in [-0.2, -0.15) is 0 Å². The topological polar surface area (TPSA) is 73.8 Å². The third-order valence-corrected chi connectivity index (χ3v) is 4.81. The molecule has 0 radical (unpaired) electrons. The second-order valence-corrected chi connectivity index (χ2v) is 6.84. The summed E-state index contributed by atoms with van der Waals surface area (Å²) in [6.45, 7) is 1.96. The van der Waals surface area contributed by atoms with Crippen molar-refractivity contribution in [2.24, 2.45) is 5.73 Å². The van der Waals surface area contributed by atoms with Gasteiger partial charge in [-0.3, -0.25) is 9.36 Å². The standard InChI is InChI=1S/C21H16ClFN4O/c1-12-4-2-5-13(10-12)18(24)20-26-16-8-7-14(23)11-15(16)21(28)27(20)17-6-3-9-25-19(17)22/h2-11,18H,24H2,1H3. The van der Waals surface area contributed by atoms with Crippen molar-refractivity contribution in [2.45, 2.75) is 13.0 Å². The molecule has 0 fully saturated rings. The minimum Gasteiger partial charge on any atom is -0.318 e. The Morgan fingerprint density at radius 3 is 2.71 bits per heavy atom. The predicted octanol–water partition coefficient (Wildman–Crippen LogP) is 3.93. The number of aromatic nitrogens is 3. The van der Waals surface area contributed by atoms with Crippen LogP contribution in [0.2, 0.25) is 5.15 Å². The molecule has 7 heteroatoms. The third kappa shape index (κ3) is 3.17. The van der Waals surface area contributed by atoms with E-state index in [0.29, 0.717) is 17.0 Å². The van der Waals surface area contributed by atoms with Gasteiger partial charge in [-0.15, -0.1) is 0 Å². The zero-order valence-corrected chi connectivity index (χ0v) is 15.7. The fourth-order valence-corrected chi connectivity index (χ4v) is 3.38. The van der Waals surface area contributed by atoms with Crippen LogP contribution in [0, 0.1) is 12.7 Å². The maximum absolute atomic E-state index is 13.8. The summed E-state index contributed by atoms with van der Waals surface area (Å²) < 4.78 is 15.1. The van der Waals surface area contributed by atoms with E-state index < -0.39 is 17.4 Å². The van der Waals surface area contributed by atoms with Gasteiger partial charge in [0, 0.05) is 6.20 Å². The Kier molecular flexibility index (Phi) is 4.66. The fraction of sp³-hybridized carbons (Fsp3) is 0.0952. The Bertz CT molecular complexity index is 1250. The molecule has 0 spiro atoms. The number of rotatable bonds is 3. The van der Waals surface area contributed by atoms with Crippen LogP contribution in [-0.2, 0) is 0 Å². The summed E-state index contributed by atoms with van der Waals surface area (Å²) in [4.78, 5) is 21.9. The fourth-order valence-electron chi connectivity index (χ4n) is 3.17. The lowest BCUT2D eigenvalue weighted by Gasteiger charge is -2.19. The molecular weight excluding hydrogens is 379 g/mol. The first kappa shape index (κ1) is 18.3. The number of aryl methyl sites for hydroxylation is 1. The first-order chi connectivity index (χ1) is 13.5. The number of benzene rings is 2. The largest absolute Gasteiger partial charge is 0.318 e. The molecule has 0 bridgehead atoms. The first-order valence-electron chi connectivity index (χ1n) is 8.61. The summed E-state index contributed by atoms with van der Waals surface area (Å²) in [7, 11) is 0. The van der Waals surface area contributed by atoms with E-state index in [1.165, 1.54) is 22.9 Å². The second kappa shape index (κ2) is 7.14. The van der Waals surface area contributed by atoms with Crippen molar-refractivity contribution < 1.29 is 4.39 Å². The van der Waals surface area contributed by atoms with Crippen molar-refractivity contribution in [3.63, 3.8) is 0 Å². The molecule has 2 heterocycles. The molecule has 4 rings (SSSR count). The summed E-state index contributed by atoms with van der Waals surface area (Å²) in [6, 6.07) is 14.1. The van der Waals surface area contributed by atoms with Crippen molar-refractivity contribution in [1.29, 1.82) is 0 Å². The number of hydrogen-bond donors (Lipinski definition) is 1. The minimum absolute atomic E-state index is 0.125. The van der Waals surface area contributed by atoms with Crippen LogP contribution >= 0.6 is 11.6 Å². The van der Waals surface area contributed by atoms with Crippen LogP contribution in [-0.4, -0.2) is 14.5 Å². The van der Waals surface area contributed by atoms with Crippen LogP contribution in [0.4, 0.5) is 4.39 Å². The van der Waals surface area contributed by atoms with E-state index in [0.717, 1.165) is 17.2 Å². The Morgan fingerprint density at radius 2 is 1.96 bits per heavy atom. The molecule has 0 amide bonds. The lowest BCUT2D eigenvalue weighted by atomic mass is 10.0. The summed E-state index contributed by atoms with van der Waals surface area (Å²) in [5.74, 6) is -0.226. The van der Waals surface area contributed by atoms with Crippen LogP contribution in [0.5, 0.6) is 0 Å². The highest BCUT2D eigenvalue weighted by Crippen LogP contribution is 2.25. The van der Waals surface area contributed by atoms with E-state index in [1.54, 1.807) is 12.1 Å². The Balaban J connectivity index is 2.07. The monoisotopic (exact) mass is 394 g/mol. The minimum atomic E-state index is -0.696. The second-order valence-electron chi connectivity index (χ2n) is 6.48. The Labute approximate surface area is 165 Å². The lowest BCUT2D eigenvalue weighted by molar-refractivity contribution is 0.629. The zero-order valence-electron chi connectivity index (χ0n) is 14.9. The average Bonchev–Trinajstić information content (AvgIpc) is 2.68. The van der Waals surface area contributed by atoms with Gasteiger partial charge in [0.2, 0.25) is 0 Å². The Hall–Kier alpha value is -3.09. The van der Waals surface area contributed by atoms with Gasteiger partial charge >= 0.3 is 0 Å². The van der Waals surface area contributed by atoms with Crippen molar-refractivity contribution in [2.75, 3.05) is 0 Å². The summed E-state index contributed by atoms with van der Waals surface area (Å²) >= 11 is 6.25. The number of halogens is 2. The SMILES string of the molecule is Cc1cccc(C(N)c2nc3ccc(F)cc3c(=O)n2-c2cccnc2Cl)c1. The van der Waals surface area contributed by atoms with Gasteiger partial charge < -0.3 is 5.73 Å². The number of hydrogen-bond acceptors (Lipinski definition) is 4. The molecule has 1 unspecified atom stereocenters. The van der Waals surface area contributed by atoms with Crippen LogP contribution in [0.15, 0.2) is 65.6 Å². The van der Waals surface area contributed by atoms with Crippen LogP contribution < -0.4 is 11.3 Å². The molecule has 0 aliphatic heterocycles. The van der Waals surface area contributed by atoms with Crippen molar-refractivity contribution in [1.82, 2.24) is 14.5 Å². The van der Waals surface area contributed by atoms with Crippen LogP contribution in [0.25, 0.3) is 16.6 Å². The van der Waals surface area contributed by atoms with E-state index in [2.05, 4.69) is 9.97 Å². The highest BCUT2D eigenvalue weighted by Gasteiger charge is 2.21. The number of pyridine rings is 1. The first-order valence-corrected chi connectivity index (χ1v) is 8.99. The molecule has 1 atom stereocenters. The van der Waals surface area contributed by atoms with E-state index in [9.17, 15) is 9.18 Å². The van der Waals surface area contributed by atoms with Crippen LogP contribution in [0.1, 0.15) is 23.0 Å². The molecule has 0 saturated carbocycles. The summed E-state index contributed by atoms with van der Waals surface area (Å²) in [5.41, 5.74) is 8.57. The quantitative estimate of drug-likeness (QED) is 0.534. The van der Waals surface area contributed by atoms with Gasteiger partial charge in [-0.05, 0) is 42.8 Å². The molecule has 28 heavy (non-hydrogen) atoms. The normalized spacial score (nSPS) is 12.3. The van der Waals surface area contributed by atoms with Gasteiger partial charge in [-0.1, -0.05) is 41.4 Å². The van der Waals surface area contributed by atoms with E-state index in [1.807, 2.05) is 31.2 Å². The molecule has 4 aromatic rings. The van der Waals surface area contributed by atoms with Crippen LogP contribution in [0.3, 0.4) is 0 Å². The highest BCUT2D eigenvalue weighted by atomic mass is 35.5. The molecule has 140 valence electrons. The van der Waals surface area contributed by atoms with Gasteiger partial charge in [0.05, 0.1) is 22.6 Å². The van der Waals surface area contributed by atoms with E-state index in [4.69, 9.17) is 17.3 Å². The average molecular weight is 395 g/mol. The molecule has 0 aliphatic carbocycles. The molecule has 2 N–H and O–H groups in total. The maximum Gasteiger partial charge on any atom is 0.266 e. The molecule has 2 aromatic heterocycles. The molecule has 0 aliphatic rings. The highest BCUT2D eigenvalue weighted by molar-refractivity contribution is 6.31. The number of nitrogens with zero attached hydrogens (tertiary/aromatic N) is 3. The van der Waals surface area contributed by atoms with E-state index >= 15 is 0 Å². The number of fused-ring (bicyclic) bond motifs is 1. The summed E-state index contributed by atoms with van der Waals surface area (Å²) in [6.07, 6.45) is 1.52. The molecule has 2 aromatic carbocycles. The molecule has 0 saturated heterocycles. The number of nitrogens with two attached hydrogens (primary N) is 1. The Morgan fingerprint density at radius 1 is 1.14 bits per heavy atom. The van der Waals surface area contributed by atoms with Crippen molar-refractivity contribution in [3.05, 3.63) is 99.1 Å². The van der Waals surface area contributed by atoms with Gasteiger partial charge in [0.25, 0.3) is 5.56 Å². The van der Waals surface area contributed by atoms with E-state index in [-0.39, 0.29) is 10.5 Å². The van der Waals surface area contributed by atoms with Gasteiger partial charge in [0.15, 0.2) is 5.15 Å². The van der Waals surface area contributed by atoms with Gasteiger partial charge in [-0.25, -0.2) is 14.4 Å². The van der Waals surface area contributed by atoms with Crippen molar-refractivity contribution >= 4 is 22.5 Å². The maximum atomic E-state index is 13.8.